The molecule has 2 rings (SSSR count). The number of nitrogens with zero attached hydrogens (tertiary/aromatic N) is 2. The molecule has 0 fully saturated rings. The van der Waals surface area contributed by atoms with E-state index in [1.54, 1.807) is 0 Å². The highest BCUT2D eigenvalue weighted by atomic mass is 16.5. The average molecular weight is 254 g/mol. The van der Waals surface area contributed by atoms with Crippen LogP contribution in [0.5, 0.6) is 0 Å². The van der Waals surface area contributed by atoms with Gasteiger partial charge in [-0.25, -0.2) is 14.6 Å². The average Bonchev–Trinajstić information content (AvgIpc) is 2.47. The minimum atomic E-state index is -0.474. The second-order valence-corrected chi connectivity index (χ2v) is 3.67. The molecule has 0 radical (unpaired) electrons. The highest BCUT2D eigenvalue weighted by Crippen LogP contribution is 2.10. The number of ether oxygens (including phenoxy) is 1. The van der Waals surface area contributed by atoms with Crippen LogP contribution in [0.2, 0.25) is 0 Å². The smallest absolute Gasteiger partial charge is 0.340 e. The fourth-order valence-electron chi connectivity index (χ4n) is 1.43. The fraction of sp³-hybridized carbons (Fsp3) is 0.0714. The van der Waals surface area contributed by atoms with Crippen molar-refractivity contribution in [1.82, 2.24) is 4.98 Å². The van der Waals surface area contributed by atoms with E-state index in [4.69, 9.17) is 4.74 Å². The third-order valence-corrected chi connectivity index (χ3v) is 2.36. The fourth-order valence-corrected chi connectivity index (χ4v) is 1.43. The zero-order chi connectivity index (χ0) is 13.5. The first-order valence-electron chi connectivity index (χ1n) is 5.54. The summed E-state index contributed by atoms with van der Waals surface area (Å²) >= 11 is 0. The topological polar surface area (TPSA) is 68.6 Å². The highest BCUT2D eigenvalue weighted by Gasteiger charge is 2.07. The molecule has 2 aromatic rings. The summed E-state index contributed by atoms with van der Waals surface area (Å²) in [6, 6.07) is 12.3. The van der Waals surface area contributed by atoms with E-state index < -0.39 is 5.97 Å². The molecule has 94 valence electrons. The molecule has 0 aliphatic rings. The summed E-state index contributed by atoms with van der Waals surface area (Å²) in [6.45, 7) is 0.202. The van der Waals surface area contributed by atoms with Crippen molar-refractivity contribution in [2.24, 2.45) is 4.99 Å². The van der Waals surface area contributed by atoms with Crippen molar-refractivity contribution in [2.75, 3.05) is 0 Å². The number of carbonyl (C=O) groups excluding carboxylic acids is 2. The lowest BCUT2D eigenvalue weighted by molar-refractivity contribution is 0.0472. The predicted molar refractivity (Wildman–Crippen MR) is 67.6 cm³/mol. The molecule has 0 amide bonds. The van der Waals surface area contributed by atoms with Crippen molar-refractivity contribution in [3.8, 4) is 0 Å². The molecule has 0 aliphatic carbocycles. The largest absolute Gasteiger partial charge is 0.457 e. The Balaban J connectivity index is 1.98. The molecule has 0 saturated heterocycles. The number of esters is 1. The van der Waals surface area contributed by atoms with E-state index in [0.717, 1.165) is 5.56 Å². The number of pyridine rings is 1. The number of benzene rings is 1. The lowest BCUT2D eigenvalue weighted by Crippen LogP contribution is -2.05. The molecule has 1 aromatic heterocycles. The zero-order valence-electron chi connectivity index (χ0n) is 9.95. The Morgan fingerprint density at radius 2 is 2.00 bits per heavy atom. The van der Waals surface area contributed by atoms with E-state index in [9.17, 15) is 9.59 Å². The van der Waals surface area contributed by atoms with Gasteiger partial charge in [-0.1, -0.05) is 30.3 Å². The number of hydrogen-bond donors (Lipinski definition) is 0. The number of rotatable bonds is 4. The number of isocyanates is 1. The van der Waals surface area contributed by atoms with Crippen molar-refractivity contribution in [1.29, 1.82) is 0 Å². The summed E-state index contributed by atoms with van der Waals surface area (Å²) in [4.78, 5) is 28.9. The maximum absolute atomic E-state index is 11.7. The molecule has 1 heterocycles. The molecular formula is C14H10N2O3. The van der Waals surface area contributed by atoms with Gasteiger partial charge >= 0.3 is 5.97 Å². The SMILES string of the molecule is O=C=Nc1ccc(C(=O)OCc2ccccc2)cn1. The van der Waals surface area contributed by atoms with Crippen LogP contribution in [0, 0.1) is 0 Å². The number of carbonyl (C=O) groups is 1. The van der Waals surface area contributed by atoms with Gasteiger partial charge in [0.15, 0.2) is 5.82 Å². The van der Waals surface area contributed by atoms with Gasteiger partial charge in [0.25, 0.3) is 0 Å². The van der Waals surface area contributed by atoms with Crippen molar-refractivity contribution >= 4 is 17.9 Å². The van der Waals surface area contributed by atoms with Crippen LogP contribution < -0.4 is 0 Å². The van der Waals surface area contributed by atoms with Gasteiger partial charge in [0.05, 0.1) is 5.56 Å². The van der Waals surface area contributed by atoms with Crippen molar-refractivity contribution in [2.45, 2.75) is 6.61 Å². The molecule has 0 unspecified atom stereocenters. The predicted octanol–water partition coefficient (Wildman–Crippen LogP) is 2.41. The van der Waals surface area contributed by atoms with Crippen molar-refractivity contribution in [3.05, 3.63) is 59.8 Å². The van der Waals surface area contributed by atoms with E-state index in [1.807, 2.05) is 30.3 Å². The van der Waals surface area contributed by atoms with Crippen molar-refractivity contribution in [3.63, 3.8) is 0 Å². The van der Waals surface area contributed by atoms with Crippen LogP contribution >= 0.6 is 0 Å². The molecule has 0 spiro atoms. The van der Waals surface area contributed by atoms with Gasteiger partial charge in [-0.15, -0.1) is 4.99 Å². The standard InChI is InChI=1S/C14H10N2O3/c17-10-16-13-7-6-12(8-15-13)14(18)19-9-11-4-2-1-3-5-11/h1-8H,9H2. The second kappa shape index (κ2) is 6.23. The van der Waals surface area contributed by atoms with E-state index in [1.165, 1.54) is 24.4 Å². The molecular weight excluding hydrogens is 244 g/mol. The highest BCUT2D eigenvalue weighted by molar-refractivity contribution is 5.89. The molecule has 0 saturated carbocycles. The van der Waals surface area contributed by atoms with E-state index in [2.05, 4.69) is 9.98 Å². The Morgan fingerprint density at radius 3 is 2.63 bits per heavy atom. The van der Waals surface area contributed by atoms with Gasteiger partial charge in [-0.2, -0.15) is 0 Å². The van der Waals surface area contributed by atoms with Crippen LogP contribution in [0.4, 0.5) is 5.82 Å². The maximum Gasteiger partial charge on any atom is 0.340 e. The third-order valence-electron chi connectivity index (χ3n) is 2.36. The van der Waals surface area contributed by atoms with Crippen LogP contribution in [-0.4, -0.2) is 17.0 Å². The van der Waals surface area contributed by atoms with Gasteiger partial charge in [-0.3, -0.25) is 0 Å². The Labute approximate surface area is 109 Å². The van der Waals surface area contributed by atoms with Gasteiger partial charge in [0.2, 0.25) is 6.08 Å². The zero-order valence-corrected chi connectivity index (χ0v) is 9.95. The summed E-state index contributed by atoms with van der Waals surface area (Å²) < 4.78 is 5.13. The summed E-state index contributed by atoms with van der Waals surface area (Å²) in [5.41, 5.74) is 1.21. The van der Waals surface area contributed by atoms with Gasteiger partial charge in [-0.05, 0) is 17.7 Å². The number of aliphatic imine (C=N–C) groups is 1. The van der Waals surface area contributed by atoms with E-state index in [-0.39, 0.29) is 12.4 Å². The quantitative estimate of drug-likeness (QED) is 0.477. The van der Waals surface area contributed by atoms with Crippen LogP contribution in [0.15, 0.2) is 53.7 Å². The van der Waals surface area contributed by atoms with Gasteiger partial charge < -0.3 is 4.74 Å². The summed E-state index contributed by atoms with van der Waals surface area (Å²) in [5, 5.41) is 0. The Hall–Kier alpha value is -2.78. The molecule has 5 nitrogen and oxygen atoms in total. The Kier molecular flexibility index (Phi) is 4.16. The molecule has 0 N–H and O–H groups in total. The normalized spacial score (nSPS) is 9.47. The van der Waals surface area contributed by atoms with Crippen LogP contribution in [0.1, 0.15) is 15.9 Å². The Bertz CT molecular complexity index is 602. The monoisotopic (exact) mass is 254 g/mol. The lowest BCUT2D eigenvalue weighted by atomic mass is 10.2. The minimum absolute atomic E-state index is 0.202. The van der Waals surface area contributed by atoms with Crippen LogP contribution in [0.25, 0.3) is 0 Å². The summed E-state index contributed by atoms with van der Waals surface area (Å²) in [7, 11) is 0. The molecule has 1 aromatic carbocycles. The lowest BCUT2D eigenvalue weighted by Gasteiger charge is -2.04. The van der Waals surface area contributed by atoms with E-state index in [0.29, 0.717) is 5.56 Å². The van der Waals surface area contributed by atoms with Crippen LogP contribution in [0.3, 0.4) is 0 Å². The molecule has 0 aliphatic heterocycles. The first-order valence-corrected chi connectivity index (χ1v) is 5.54. The molecule has 19 heavy (non-hydrogen) atoms. The van der Waals surface area contributed by atoms with Crippen molar-refractivity contribution < 1.29 is 14.3 Å². The van der Waals surface area contributed by atoms with Crippen LogP contribution in [-0.2, 0) is 16.1 Å². The maximum atomic E-state index is 11.7. The van der Waals surface area contributed by atoms with Gasteiger partial charge in [0.1, 0.15) is 6.61 Å². The first kappa shape index (κ1) is 12.7. The first-order chi connectivity index (χ1) is 9.29. The summed E-state index contributed by atoms with van der Waals surface area (Å²) in [5.74, 6) is -0.271. The van der Waals surface area contributed by atoms with E-state index >= 15 is 0 Å². The molecule has 5 heteroatoms. The van der Waals surface area contributed by atoms with Gasteiger partial charge in [0, 0.05) is 6.20 Å². The molecule has 0 bridgehead atoms. The number of aromatic nitrogens is 1. The second-order valence-electron chi connectivity index (χ2n) is 3.67. The third kappa shape index (κ3) is 3.59. The summed E-state index contributed by atoms with van der Waals surface area (Å²) in [6.07, 6.45) is 2.68. The molecule has 0 atom stereocenters. The Morgan fingerprint density at radius 1 is 1.21 bits per heavy atom. The number of hydrogen-bond acceptors (Lipinski definition) is 5. The minimum Gasteiger partial charge on any atom is -0.457 e.